The van der Waals surface area contributed by atoms with Gasteiger partial charge in [0, 0.05) is 13.0 Å². The highest BCUT2D eigenvalue weighted by Gasteiger charge is 1.97. The molecule has 0 spiro atoms. The third kappa shape index (κ3) is 16.9. The standard InChI is InChI=1S/C15H28O5/c16-14(17)11-9-7-5-3-1-2-4-6-8-10-12-20-13-15(18)19/h1-13H2,(H,16,17)(H,18,19). The molecule has 0 aromatic rings. The van der Waals surface area contributed by atoms with Crippen LogP contribution in [0.4, 0.5) is 0 Å². The minimum atomic E-state index is -0.909. The topological polar surface area (TPSA) is 83.8 Å². The van der Waals surface area contributed by atoms with E-state index in [-0.39, 0.29) is 6.61 Å². The summed E-state index contributed by atoms with van der Waals surface area (Å²) < 4.78 is 4.95. The van der Waals surface area contributed by atoms with Crippen molar-refractivity contribution in [3.05, 3.63) is 0 Å². The highest BCUT2D eigenvalue weighted by atomic mass is 16.5. The lowest BCUT2D eigenvalue weighted by atomic mass is 10.1. The molecule has 0 aliphatic carbocycles. The van der Waals surface area contributed by atoms with Gasteiger partial charge in [0.05, 0.1) is 0 Å². The van der Waals surface area contributed by atoms with Crippen molar-refractivity contribution in [2.24, 2.45) is 0 Å². The molecule has 0 aliphatic rings. The Morgan fingerprint density at radius 2 is 1.10 bits per heavy atom. The van der Waals surface area contributed by atoms with E-state index in [0.717, 1.165) is 32.1 Å². The molecule has 0 atom stereocenters. The van der Waals surface area contributed by atoms with Gasteiger partial charge in [-0.25, -0.2) is 4.79 Å². The summed E-state index contributed by atoms with van der Waals surface area (Å²) in [7, 11) is 0. The maximum absolute atomic E-state index is 10.3. The molecule has 0 aromatic carbocycles. The van der Waals surface area contributed by atoms with Crippen molar-refractivity contribution in [3.63, 3.8) is 0 Å². The fraction of sp³-hybridized carbons (Fsp3) is 0.867. The first-order valence-electron chi connectivity index (χ1n) is 7.64. The van der Waals surface area contributed by atoms with Gasteiger partial charge in [0.15, 0.2) is 0 Å². The third-order valence-corrected chi connectivity index (χ3v) is 3.15. The third-order valence-electron chi connectivity index (χ3n) is 3.15. The average molecular weight is 288 g/mol. The van der Waals surface area contributed by atoms with Crippen LogP contribution in [0.5, 0.6) is 0 Å². The van der Waals surface area contributed by atoms with Gasteiger partial charge in [-0.05, 0) is 12.8 Å². The number of hydrogen-bond acceptors (Lipinski definition) is 3. The minimum absolute atomic E-state index is 0.193. The van der Waals surface area contributed by atoms with Crippen LogP contribution in [0, 0.1) is 0 Å². The number of carboxylic acids is 2. The summed E-state index contributed by atoms with van der Waals surface area (Å²) in [4.78, 5) is 20.5. The number of rotatable bonds is 15. The van der Waals surface area contributed by atoms with Gasteiger partial charge in [-0.1, -0.05) is 51.4 Å². The van der Waals surface area contributed by atoms with Crippen LogP contribution >= 0.6 is 0 Å². The number of hydrogen-bond donors (Lipinski definition) is 2. The second-order valence-corrected chi connectivity index (χ2v) is 5.13. The Morgan fingerprint density at radius 3 is 1.55 bits per heavy atom. The maximum atomic E-state index is 10.3. The zero-order chi connectivity index (χ0) is 15.1. The highest BCUT2D eigenvalue weighted by Crippen LogP contribution is 2.11. The molecular formula is C15H28O5. The van der Waals surface area contributed by atoms with Crippen LogP contribution in [-0.2, 0) is 14.3 Å². The summed E-state index contributed by atoms with van der Waals surface area (Å²) in [5.41, 5.74) is 0. The van der Waals surface area contributed by atoms with Crippen LogP contribution in [0.25, 0.3) is 0 Å². The monoisotopic (exact) mass is 288 g/mol. The molecule has 0 bridgehead atoms. The van der Waals surface area contributed by atoms with Gasteiger partial charge in [-0.3, -0.25) is 4.79 Å². The largest absolute Gasteiger partial charge is 0.481 e. The van der Waals surface area contributed by atoms with E-state index in [1.807, 2.05) is 0 Å². The molecule has 0 saturated heterocycles. The predicted octanol–water partition coefficient (Wildman–Crippen LogP) is 3.46. The summed E-state index contributed by atoms with van der Waals surface area (Å²) in [6, 6.07) is 0. The fourth-order valence-corrected chi connectivity index (χ4v) is 2.05. The Hall–Kier alpha value is -1.10. The quantitative estimate of drug-likeness (QED) is 0.451. The van der Waals surface area contributed by atoms with Crippen LogP contribution in [-0.4, -0.2) is 35.4 Å². The van der Waals surface area contributed by atoms with Gasteiger partial charge in [0.25, 0.3) is 0 Å². The molecule has 5 nitrogen and oxygen atoms in total. The van der Waals surface area contributed by atoms with Gasteiger partial charge < -0.3 is 14.9 Å². The molecule has 118 valence electrons. The van der Waals surface area contributed by atoms with Gasteiger partial charge in [-0.2, -0.15) is 0 Å². The highest BCUT2D eigenvalue weighted by molar-refractivity contribution is 5.68. The second-order valence-electron chi connectivity index (χ2n) is 5.13. The number of carboxylic acid groups (broad SMARTS) is 2. The van der Waals surface area contributed by atoms with Crippen molar-refractivity contribution in [3.8, 4) is 0 Å². The molecule has 5 heteroatoms. The molecule has 0 amide bonds. The molecule has 0 aliphatic heterocycles. The van der Waals surface area contributed by atoms with E-state index in [1.165, 1.54) is 32.1 Å². The van der Waals surface area contributed by atoms with Crippen LogP contribution in [0.3, 0.4) is 0 Å². The molecule has 0 heterocycles. The van der Waals surface area contributed by atoms with E-state index in [2.05, 4.69) is 0 Å². The number of unbranched alkanes of at least 4 members (excludes halogenated alkanes) is 9. The Bertz CT molecular complexity index is 227. The summed E-state index contributed by atoms with van der Waals surface area (Å²) in [6.45, 7) is 0.345. The number of carbonyl (C=O) groups is 2. The Balaban J connectivity index is 2.99. The Kier molecular flexibility index (Phi) is 13.5. The summed E-state index contributed by atoms with van der Waals surface area (Å²) in [5, 5.41) is 16.8. The van der Waals surface area contributed by atoms with Crippen molar-refractivity contribution >= 4 is 11.9 Å². The second kappa shape index (κ2) is 14.3. The van der Waals surface area contributed by atoms with Crippen LogP contribution in [0.1, 0.15) is 70.6 Å². The number of ether oxygens (including phenoxy) is 1. The lowest BCUT2D eigenvalue weighted by molar-refractivity contribution is -0.142. The van der Waals surface area contributed by atoms with Crippen LogP contribution < -0.4 is 0 Å². The fourth-order valence-electron chi connectivity index (χ4n) is 2.05. The van der Waals surface area contributed by atoms with E-state index < -0.39 is 11.9 Å². The predicted molar refractivity (Wildman–Crippen MR) is 76.9 cm³/mol. The normalized spacial score (nSPS) is 10.6. The zero-order valence-electron chi connectivity index (χ0n) is 12.3. The van der Waals surface area contributed by atoms with Gasteiger partial charge in [-0.15, -0.1) is 0 Å². The molecule has 20 heavy (non-hydrogen) atoms. The van der Waals surface area contributed by atoms with Crippen LogP contribution in [0.2, 0.25) is 0 Å². The first-order chi connectivity index (χ1) is 9.63. The molecule has 0 rings (SSSR count). The van der Waals surface area contributed by atoms with Crippen molar-refractivity contribution in [2.45, 2.75) is 70.6 Å². The molecule has 0 radical (unpaired) electrons. The number of aliphatic carboxylic acids is 2. The van der Waals surface area contributed by atoms with Gasteiger partial charge >= 0.3 is 11.9 Å². The molecule has 2 N–H and O–H groups in total. The molecule has 0 unspecified atom stereocenters. The lowest BCUT2D eigenvalue weighted by Crippen LogP contribution is -2.07. The van der Waals surface area contributed by atoms with Crippen molar-refractivity contribution in [1.82, 2.24) is 0 Å². The van der Waals surface area contributed by atoms with Crippen LogP contribution in [0.15, 0.2) is 0 Å². The maximum Gasteiger partial charge on any atom is 0.329 e. The van der Waals surface area contributed by atoms with Gasteiger partial charge in [0.2, 0.25) is 0 Å². The molecular weight excluding hydrogens is 260 g/mol. The van der Waals surface area contributed by atoms with E-state index in [0.29, 0.717) is 13.0 Å². The van der Waals surface area contributed by atoms with E-state index >= 15 is 0 Å². The Labute approximate surface area is 121 Å². The SMILES string of the molecule is O=C(O)CCCCCCCCCCCCOCC(=O)O. The summed E-state index contributed by atoms with van der Waals surface area (Å²) >= 11 is 0. The first kappa shape index (κ1) is 18.9. The Morgan fingerprint density at radius 1 is 0.650 bits per heavy atom. The first-order valence-corrected chi connectivity index (χ1v) is 7.64. The molecule has 0 aromatic heterocycles. The van der Waals surface area contributed by atoms with Gasteiger partial charge in [0.1, 0.15) is 6.61 Å². The zero-order valence-corrected chi connectivity index (χ0v) is 12.3. The molecule has 0 saturated carbocycles. The average Bonchev–Trinajstić information content (AvgIpc) is 2.38. The molecule has 0 fully saturated rings. The van der Waals surface area contributed by atoms with Crippen molar-refractivity contribution in [1.29, 1.82) is 0 Å². The summed E-state index contributed by atoms with van der Waals surface area (Å²) in [5.74, 6) is -1.61. The minimum Gasteiger partial charge on any atom is -0.481 e. The summed E-state index contributed by atoms with van der Waals surface area (Å²) in [6.07, 6.45) is 11.3. The van der Waals surface area contributed by atoms with Crippen molar-refractivity contribution in [2.75, 3.05) is 13.2 Å². The van der Waals surface area contributed by atoms with E-state index in [9.17, 15) is 9.59 Å². The smallest absolute Gasteiger partial charge is 0.329 e. The van der Waals surface area contributed by atoms with E-state index in [1.54, 1.807) is 0 Å². The lowest BCUT2D eigenvalue weighted by Gasteiger charge is -2.03. The van der Waals surface area contributed by atoms with E-state index in [4.69, 9.17) is 14.9 Å². The van der Waals surface area contributed by atoms with Crippen molar-refractivity contribution < 1.29 is 24.5 Å².